The zero-order chi connectivity index (χ0) is 84.3. The molecule has 121 heavy (non-hydrogen) atoms. The molecule has 16 aromatic rings. The van der Waals surface area contributed by atoms with E-state index in [9.17, 15) is 39.3 Å². The van der Waals surface area contributed by atoms with Crippen LogP contribution in [0.2, 0.25) is 0 Å². The number of likely N-dealkylation sites (tertiary alicyclic amines) is 1. The van der Waals surface area contributed by atoms with Crippen molar-refractivity contribution in [2.75, 3.05) is 61.1 Å². The highest BCUT2D eigenvalue weighted by molar-refractivity contribution is 6.02. The lowest BCUT2D eigenvalue weighted by molar-refractivity contribution is -0.128. The number of rotatable bonds is 19. The number of amides is 9. The molecule has 0 bridgehead atoms. The van der Waals surface area contributed by atoms with Crippen molar-refractivity contribution in [3.63, 3.8) is 0 Å². The third kappa shape index (κ3) is 19.4. The zero-order valence-electron chi connectivity index (χ0n) is 66.0. The Kier molecular flexibility index (Phi) is 25.2. The van der Waals surface area contributed by atoms with Crippen LogP contribution in [-0.4, -0.2) is 160 Å². The van der Waals surface area contributed by atoms with Crippen molar-refractivity contribution in [3.8, 4) is 90.5 Å². The Labute approximate surface area is 690 Å². The molecule has 604 valence electrons. The normalized spacial score (nSPS) is 11.4. The predicted molar refractivity (Wildman–Crippen MR) is 459 cm³/mol. The van der Waals surface area contributed by atoms with Gasteiger partial charge in [0.1, 0.15) is 11.0 Å². The lowest BCUT2D eigenvalue weighted by atomic mass is 10.0. The first-order valence-corrected chi connectivity index (χ1v) is 38.5. The van der Waals surface area contributed by atoms with E-state index >= 15 is 0 Å². The van der Waals surface area contributed by atoms with Gasteiger partial charge in [0.25, 0.3) is 0 Å². The molecule has 0 atom stereocenters. The Morgan fingerprint density at radius 1 is 0.446 bits per heavy atom. The van der Waals surface area contributed by atoms with Gasteiger partial charge in [-0.3, -0.25) is 46.0 Å². The van der Waals surface area contributed by atoms with E-state index in [0.29, 0.717) is 124 Å². The maximum atomic E-state index is 12.0. The second kappa shape index (κ2) is 37.7. The summed E-state index contributed by atoms with van der Waals surface area (Å²) in [7, 11) is 1.33. The molecule has 34 nitrogen and oxygen atoms in total. The zero-order valence-corrected chi connectivity index (χ0v) is 66.0. The molecule has 1 aliphatic rings. The van der Waals surface area contributed by atoms with Gasteiger partial charge < -0.3 is 50.8 Å². The minimum Gasteiger partial charge on any atom is -0.465 e. The fourth-order valence-electron chi connectivity index (χ4n) is 13.3. The van der Waals surface area contributed by atoms with Gasteiger partial charge in [-0.1, -0.05) is 48.5 Å². The van der Waals surface area contributed by atoms with Gasteiger partial charge in [-0.05, 0) is 182 Å². The summed E-state index contributed by atoms with van der Waals surface area (Å²) in [6.45, 7) is 10.9. The fraction of sp³-hybridized carbons (Fsp3) is 0.149. The number of carbonyl (C=O) groups excluding carboxylic acids is 6. The number of carbonyl (C=O) groups is 6. The van der Waals surface area contributed by atoms with Gasteiger partial charge >= 0.3 is 30.1 Å². The van der Waals surface area contributed by atoms with Crippen LogP contribution < -0.4 is 42.5 Å². The van der Waals surface area contributed by atoms with Crippen molar-refractivity contribution in [2.24, 2.45) is 0 Å². The lowest BCUT2D eigenvalue weighted by Crippen LogP contribution is -2.28. The van der Waals surface area contributed by atoms with Crippen molar-refractivity contribution in [2.45, 2.75) is 47.1 Å². The van der Waals surface area contributed by atoms with Crippen LogP contribution >= 0.6 is 0 Å². The quantitative estimate of drug-likeness (QED) is 0.0335. The molecule has 1 fully saturated rings. The number of aromatic amines is 4. The van der Waals surface area contributed by atoms with Crippen LogP contribution in [0, 0.1) is 22.7 Å². The number of urea groups is 4. The van der Waals surface area contributed by atoms with Crippen LogP contribution in [0.1, 0.15) is 67.6 Å². The van der Waals surface area contributed by atoms with E-state index in [-0.39, 0.29) is 30.0 Å². The molecule has 0 aliphatic carbocycles. The third-order valence-electron chi connectivity index (χ3n) is 18.9. The largest absolute Gasteiger partial charge is 0.465 e. The molecule has 0 unspecified atom stereocenters. The number of nitrogens with one attached hydrogen (secondary N) is 12. The van der Waals surface area contributed by atoms with E-state index in [2.05, 4.69) is 149 Å². The molecule has 17 rings (SSSR count). The van der Waals surface area contributed by atoms with Crippen LogP contribution in [0.25, 0.3) is 123 Å². The molecular formula is C87H79N27O7. The average molecular weight is 1610 g/mol. The van der Waals surface area contributed by atoms with Crippen LogP contribution in [0.3, 0.4) is 0 Å². The average Bonchev–Trinajstić information content (AvgIpc) is 1.68. The molecule has 9 amide bonds. The minimum absolute atomic E-state index is 0.227. The number of hydrogen-bond acceptors (Lipinski definition) is 19. The van der Waals surface area contributed by atoms with E-state index in [0.717, 1.165) is 96.5 Å². The summed E-state index contributed by atoms with van der Waals surface area (Å²) in [5.74, 6) is 1.11. The first kappa shape index (κ1) is 80.8. The second-order valence-corrected chi connectivity index (χ2v) is 27.1. The van der Waals surface area contributed by atoms with Crippen LogP contribution in [-0.2, 0) is 16.1 Å². The fourth-order valence-corrected chi connectivity index (χ4v) is 13.3. The van der Waals surface area contributed by atoms with Crippen molar-refractivity contribution in [1.82, 2.24) is 106 Å². The number of nitriles is 2. The summed E-state index contributed by atoms with van der Waals surface area (Å²) in [6.07, 6.45) is 18.8. The molecule has 0 radical (unpaired) electrons. The van der Waals surface area contributed by atoms with E-state index in [1.165, 1.54) is 7.11 Å². The summed E-state index contributed by atoms with van der Waals surface area (Å²) in [5, 5.41) is 48.6. The molecule has 34 heteroatoms. The van der Waals surface area contributed by atoms with Gasteiger partial charge in [-0.25, -0.2) is 53.3 Å². The monoisotopic (exact) mass is 1610 g/mol. The Morgan fingerprint density at radius 3 is 1.31 bits per heavy atom. The van der Waals surface area contributed by atoms with Gasteiger partial charge in [0.2, 0.25) is 29.7 Å². The Morgan fingerprint density at radius 2 is 0.884 bits per heavy atom. The highest BCUT2D eigenvalue weighted by atomic mass is 16.5. The predicted octanol–water partition coefficient (Wildman–Crippen LogP) is 14.4. The number of ether oxygens (including phenoxy) is 1. The molecular weight excluding hydrogens is 1540 g/mol. The first-order valence-electron chi connectivity index (χ1n) is 38.5. The maximum absolute atomic E-state index is 12.0. The molecule has 10 aromatic heterocycles. The Bertz CT molecular complexity index is 6530. The van der Waals surface area contributed by atoms with Crippen LogP contribution in [0.5, 0.6) is 0 Å². The second-order valence-electron chi connectivity index (χ2n) is 27.1. The summed E-state index contributed by atoms with van der Waals surface area (Å²) < 4.78 is 8.31. The molecule has 12 N–H and O–H groups in total. The number of methoxy groups -OCH3 is 1. The number of H-pyrrole nitrogens is 4. The van der Waals surface area contributed by atoms with Gasteiger partial charge in [-0.15, -0.1) is 0 Å². The number of anilines is 4. The van der Waals surface area contributed by atoms with Gasteiger partial charge in [0, 0.05) is 130 Å². The number of hydrogen-bond donors (Lipinski definition) is 12. The van der Waals surface area contributed by atoms with Gasteiger partial charge in [-0.2, -0.15) is 20.7 Å². The molecule has 6 aromatic carbocycles. The van der Waals surface area contributed by atoms with E-state index in [4.69, 9.17) is 4.74 Å². The van der Waals surface area contributed by atoms with E-state index < -0.39 is 5.97 Å². The highest BCUT2D eigenvalue weighted by Gasteiger charge is 2.23. The number of nitrogens with zero attached hydrogens (tertiary/aromatic N) is 15. The smallest absolute Gasteiger partial charge is 0.337 e. The summed E-state index contributed by atoms with van der Waals surface area (Å²) >= 11 is 0. The van der Waals surface area contributed by atoms with Gasteiger partial charge in [0.15, 0.2) is 0 Å². The summed E-state index contributed by atoms with van der Waals surface area (Å²) in [4.78, 5) is 121. The number of pyridine rings is 4. The number of imidazole rings is 4. The third-order valence-corrected chi connectivity index (χ3v) is 18.9. The Balaban J connectivity index is 0.000000132. The van der Waals surface area contributed by atoms with E-state index in [1.54, 1.807) is 89.3 Å². The van der Waals surface area contributed by atoms with E-state index in [1.807, 2.05) is 148 Å². The topological polar surface area (TPSA) is 461 Å². The Hall–Kier alpha value is -16.8. The van der Waals surface area contributed by atoms with Gasteiger partial charge in [0.05, 0.1) is 91.8 Å². The molecule has 0 saturated carbocycles. The summed E-state index contributed by atoms with van der Waals surface area (Å²) in [5.41, 5.74) is 19.8. The van der Waals surface area contributed by atoms with Crippen molar-refractivity contribution in [3.05, 3.63) is 242 Å². The standard InChI is InChI=1S/C24H25N7O2.C22H20N6O3.C21H17N7O.C20H17N7O/c1-2-25-24(33)29-23-27-19-13-18(14-20(22(19)28-23)31-12-4-10-26-31)17-8-6-16(7-9-17)15-30-11-3-5-21(30)32;1-3-24-22(30)28-21-26-18-11-15(14-5-4-7-23-12-14)9-16(19(18)27-21)17-10-13(6-8-25-17)20(29)31-2;1-2-24-21(29)28-20-26-18-10-15(14-4-3-6-23-12-14)9-16(19(18)27-20)17-8-13(11-22)5-7-25-17;1-2-22-20(28)26-19-24-16-10-15(14-6-3-5-13(9-14)12-21)11-17(18(16)25-19)27-8-4-7-23-27/h4,6-10,12-14H,2-3,5,11,15H2,1H3,(H3,25,27,28,29,33);4-12H,3H2,1-2H3,(H3,24,26,27,28,30);3-10,12H,2H2,1H3,(H3,24,26,27,28,29);3-11H,2H2,1H3,(H3,22,24,25,26,28). The number of aromatic nitrogens is 16. The van der Waals surface area contributed by atoms with Crippen molar-refractivity contribution in [1.29, 1.82) is 10.5 Å². The number of benzene rings is 6. The molecule has 1 saturated heterocycles. The molecule has 11 heterocycles. The van der Waals surface area contributed by atoms with Crippen molar-refractivity contribution < 1.29 is 33.5 Å². The number of esters is 1. The maximum Gasteiger partial charge on any atom is 0.337 e. The highest BCUT2D eigenvalue weighted by Crippen LogP contribution is 2.37. The first-order chi connectivity index (χ1) is 59.0. The minimum atomic E-state index is -0.455. The van der Waals surface area contributed by atoms with Crippen LogP contribution in [0.15, 0.2) is 220 Å². The lowest BCUT2D eigenvalue weighted by Gasteiger charge is -2.15. The molecule has 0 spiro atoms. The number of fused-ring (bicyclic) bond motifs is 4. The molecule has 1 aliphatic heterocycles. The van der Waals surface area contributed by atoms with Crippen LogP contribution in [0.4, 0.5) is 43.0 Å². The van der Waals surface area contributed by atoms with Crippen molar-refractivity contribution >= 4 is 104 Å². The SMILES string of the molecule is CCNC(=O)Nc1nc2c(-c3cc(C#N)ccn3)cc(-c3cccnc3)cc2[nH]1.CCNC(=O)Nc1nc2c(-c3cc(C(=O)OC)ccn3)cc(-c3cccnc3)cc2[nH]1.CCNC(=O)Nc1nc2c(-n3cccn3)cc(-c3ccc(CN4CCCC4=O)cc3)cc2[nH]1.CCNC(=O)Nc1nc2c(-n3cccn3)cc(-c3cccc(C#N)c3)cc2[nH]1. The summed E-state index contributed by atoms with van der Waals surface area (Å²) in [6, 6.07) is 52.2.